The first-order chi connectivity index (χ1) is 18.9. The van der Waals surface area contributed by atoms with E-state index in [0.717, 1.165) is 5.56 Å². The van der Waals surface area contributed by atoms with Gasteiger partial charge in [0.15, 0.2) is 0 Å². The van der Waals surface area contributed by atoms with E-state index < -0.39 is 38.0 Å². The number of nitrogens with zero attached hydrogens (tertiary/aromatic N) is 4. The van der Waals surface area contributed by atoms with Crippen LogP contribution in [0.4, 0.5) is 4.79 Å². The number of carboxylic acid groups (broad SMARTS) is 2. The van der Waals surface area contributed by atoms with Crippen LogP contribution < -0.4 is 5.32 Å². The molecular weight excluding hydrogens is 549 g/mol. The molecule has 1 aromatic rings. The molecule has 1 amide bonds. The summed E-state index contributed by atoms with van der Waals surface area (Å²) in [4.78, 5) is 60.4. The van der Waals surface area contributed by atoms with Crippen molar-refractivity contribution in [2.75, 3.05) is 84.8 Å². The second kappa shape index (κ2) is 17.3. The highest BCUT2D eigenvalue weighted by Gasteiger charge is 2.24. The van der Waals surface area contributed by atoms with Gasteiger partial charge >= 0.3 is 25.6 Å². The molecule has 40 heavy (non-hydrogen) atoms. The van der Waals surface area contributed by atoms with Gasteiger partial charge in [0, 0.05) is 65.4 Å². The van der Waals surface area contributed by atoms with E-state index in [0.29, 0.717) is 13.1 Å². The summed E-state index contributed by atoms with van der Waals surface area (Å²) in [6.07, 6.45) is -2.18. The number of ether oxygens (including phenoxy) is 1. The summed E-state index contributed by atoms with van der Waals surface area (Å²) in [5.41, 5.74) is 0.819. The molecule has 1 fully saturated rings. The number of aliphatic hydroxyl groups excluding tert-OH is 1. The second-order valence-electron chi connectivity index (χ2n) is 9.66. The smallest absolute Gasteiger partial charge is 0.407 e. The molecule has 2 rings (SSSR count). The van der Waals surface area contributed by atoms with Gasteiger partial charge in [-0.3, -0.25) is 33.8 Å². The fourth-order valence-corrected chi connectivity index (χ4v) is 5.00. The van der Waals surface area contributed by atoms with E-state index in [4.69, 9.17) is 4.74 Å². The van der Waals surface area contributed by atoms with E-state index in [1.165, 1.54) is 4.90 Å². The lowest BCUT2D eigenvalue weighted by Gasteiger charge is -2.34. The van der Waals surface area contributed by atoms with Gasteiger partial charge in [0.1, 0.15) is 12.9 Å². The number of nitrogens with one attached hydrogen (secondary N) is 1. The average molecular weight is 590 g/mol. The Labute approximate surface area is 233 Å². The van der Waals surface area contributed by atoms with Crippen molar-refractivity contribution in [2.45, 2.75) is 12.7 Å². The Bertz CT molecular complexity index is 950. The molecule has 1 unspecified atom stereocenters. The number of rotatable bonds is 12. The molecule has 1 atom stereocenters. The van der Waals surface area contributed by atoms with Crippen LogP contribution in [-0.2, 0) is 25.5 Å². The maximum absolute atomic E-state index is 12.0. The lowest BCUT2D eigenvalue weighted by Crippen LogP contribution is -2.49. The molecule has 1 aliphatic heterocycles. The number of aliphatic carboxylic acids is 2. The van der Waals surface area contributed by atoms with Crippen LogP contribution in [-0.4, -0.2) is 154 Å². The summed E-state index contributed by atoms with van der Waals surface area (Å²) in [6.45, 7) is 1.61. The number of carbonyl (C=O) groups excluding carboxylic acids is 1. The van der Waals surface area contributed by atoms with E-state index in [1.807, 2.05) is 35.2 Å². The van der Waals surface area contributed by atoms with Crippen molar-refractivity contribution in [1.82, 2.24) is 24.9 Å². The lowest BCUT2D eigenvalue weighted by molar-refractivity contribution is -0.139. The van der Waals surface area contributed by atoms with Crippen molar-refractivity contribution in [3.63, 3.8) is 0 Å². The third-order valence-corrected chi connectivity index (χ3v) is 6.96. The van der Waals surface area contributed by atoms with Crippen molar-refractivity contribution in [1.29, 1.82) is 0 Å². The predicted octanol–water partition coefficient (Wildman–Crippen LogP) is -1.20. The van der Waals surface area contributed by atoms with Crippen LogP contribution >= 0.6 is 7.60 Å². The minimum atomic E-state index is -4.39. The zero-order chi connectivity index (χ0) is 29.5. The van der Waals surface area contributed by atoms with Crippen LogP contribution in [0.1, 0.15) is 5.56 Å². The van der Waals surface area contributed by atoms with Crippen LogP contribution in [0.5, 0.6) is 0 Å². The molecule has 0 bridgehead atoms. The van der Waals surface area contributed by atoms with Gasteiger partial charge in [0.2, 0.25) is 0 Å². The molecule has 1 saturated heterocycles. The molecule has 15 nitrogen and oxygen atoms in total. The number of hydrogen-bond acceptors (Lipinski definition) is 10. The predicted molar refractivity (Wildman–Crippen MR) is 144 cm³/mol. The minimum absolute atomic E-state index is 0.0826. The highest BCUT2D eigenvalue weighted by molar-refractivity contribution is 7.51. The monoisotopic (exact) mass is 589 g/mol. The van der Waals surface area contributed by atoms with Crippen molar-refractivity contribution >= 4 is 25.6 Å². The Morgan fingerprint density at radius 1 is 0.825 bits per heavy atom. The van der Waals surface area contributed by atoms with Crippen LogP contribution in [0.15, 0.2) is 30.3 Å². The zero-order valence-corrected chi connectivity index (χ0v) is 23.3. The number of alkyl carbamates (subject to hydrolysis) is 1. The topological polar surface area (TPSA) is 204 Å². The van der Waals surface area contributed by atoms with E-state index in [1.54, 1.807) is 9.80 Å². The zero-order valence-electron chi connectivity index (χ0n) is 22.4. The second-order valence-corrected chi connectivity index (χ2v) is 11.3. The number of carboxylic acids is 2. The van der Waals surface area contributed by atoms with E-state index in [-0.39, 0.29) is 72.1 Å². The van der Waals surface area contributed by atoms with Crippen LogP contribution in [0.25, 0.3) is 0 Å². The Morgan fingerprint density at radius 2 is 1.30 bits per heavy atom. The highest BCUT2D eigenvalue weighted by Crippen LogP contribution is 2.34. The Kier molecular flexibility index (Phi) is 14.5. The van der Waals surface area contributed by atoms with Gasteiger partial charge in [0.05, 0.1) is 19.2 Å². The average Bonchev–Trinajstić information content (AvgIpc) is 2.87. The third-order valence-electron chi connectivity index (χ3n) is 6.20. The van der Waals surface area contributed by atoms with Crippen LogP contribution in [0.3, 0.4) is 0 Å². The van der Waals surface area contributed by atoms with Crippen molar-refractivity contribution in [3.8, 4) is 0 Å². The first-order valence-corrected chi connectivity index (χ1v) is 14.7. The Morgan fingerprint density at radius 3 is 1.77 bits per heavy atom. The molecule has 1 aromatic carbocycles. The van der Waals surface area contributed by atoms with Gasteiger partial charge < -0.3 is 35.2 Å². The van der Waals surface area contributed by atoms with Crippen LogP contribution in [0.2, 0.25) is 0 Å². The molecule has 0 spiro atoms. The van der Waals surface area contributed by atoms with Gasteiger partial charge in [0.25, 0.3) is 0 Å². The molecule has 226 valence electrons. The summed E-state index contributed by atoms with van der Waals surface area (Å²) in [6, 6.07) is 9.13. The number of aliphatic hydroxyl groups is 1. The van der Waals surface area contributed by atoms with Gasteiger partial charge in [-0.1, -0.05) is 30.3 Å². The maximum atomic E-state index is 12.0. The summed E-state index contributed by atoms with van der Waals surface area (Å²) in [5, 5.41) is 31.8. The van der Waals surface area contributed by atoms with Crippen molar-refractivity contribution in [2.24, 2.45) is 0 Å². The van der Waals surface area contributed by atoms with Crippen molar-refractivity contribution in [3.05, 3.63) is 35.9 Å². The molecule has 6 N–H and O–H groups in total. The number of hydrogen-bond donors (Lipinski definition) is 6. The summed E-state index contributed by atoms with van der Waals surface area (Å²) in [7, 11) is -4.39. The highest BCUT2D eigenvalue weighted by atomic mass is 31.2. The van der Waals surface area contributed by atoms with Gasteiger partial charge in [-0.2, -0.15) is 0 Å². The van der Waals surface area contributed by atoms with Crippen LogP contribution in [0, 0.1) is 0 Å². The normalized spacial score (nSPS) is 18.3. The molecule has 0 aromatic heterocycles. The first kappa shape index (κ1) is 33.6. The fourth-order valence-electron chi connectivity index (χ4n) is 4.20. The number of amides is 1. The quantitative estimate of drug-likeness (QED) is 0.159. The number of β-amino-alcohol motifs (C(OH)–C–C–N with tert-alkyl or cyclic N) is 1. The summed E-state index contributed by atoms with van der Waals surface area (Å²) < 4.78 is 16.8. The molecule has 16 heteroatoms. The lowest BCUT2D eigenvalue weighted by atomic mass is 10.2. The van der Waals surface area contributed by atoms with Gasteiger partial charge in [-0.25, -0.2) is 4.79 Å². The molecular formula is C24H40N5O10P. The van der Waals surface area contributed by atoms with E-state index in [9.17, 15) is 44.1 Å². The molecule has 0 radical (unpaired) electrons. The first-order valence-electron chi connectivity index (χ1n) is 12.9. The standard InChI is InChI=1S/C24H40N5O10P/c30-21(14-25-24(35)39-18-20-4-2-1-3-5-20)15-26-6-8-27(16-22(31)32)10-12-29(19-40(36,37)38)13-11-28(9-7-26)17-23(33)34/h1-5,21,30H,6-19H2,(H,25,35)(H,31,32)(H,33,34)(H2,36,37,38). The molecule has 1 heterocycles. The maximum Gasteiger partial charge on any atom is 0.407 e. The van der Waals surface area contributed by atoms with Gasteiger partial charge in [-0.05, 0) is 5.56 Å². The largest absolute Gasteiger partial charge is 0.480 e. The molecule has 0 aliphatic carbocycles. The Balaban J connectivity index is 1.99. The third kappa shape index (κ3) is 15.2. The van der Waals surface area contributed by atoms with E-state index >= 15 is 0 Å². The SMILES string of the molecule is O=C(O)CN1CCN(CC(O)CNC(=O)OCc2ccccc2)CCN(CC(=O)O)CCN(CP(=O)(O)O)CC1. The number of carbonyl (C=O) groups is 3. The van der Waals surface area contributed by atoms with E-state index in [2.05, 4.69) is 5.32 Å². The van der Waals surface area contributed by atoms with Crippen molar-refractivity contribution < 1.29 is 48.8 Å². The number of benzene rings is 1. The minimum Gasteiger partial charge on any atom is -0.480 e. The molecule has 0 saturated carbocycles. The Hall–Kier alpha value is -2.62. The fraction of sp³-hybridized carbons (Fsp3) is 0.625. The molecule has 1 aliphatic rings. The summed E-state index contributed by atoms with van der Waals surface area (Å²) in [5.74, 6) is -2.10. The summed E-state index contributed by atoms with van der Waals surface area (Å²) >= 11 is 0. The van der Waals surface area contributed by atoms with Gasteiger partial charge in [-0.15, -0.1) is 0 Å².